The number of aromatic nitrogens is 3. The Morgan fingerprint density at radius 3 is 2.75 bits per heavy atom. The molecule has 24 heavy (non-hydrogen) atoms. The molecule has 1 aromatic rings. The molecule has 0 aliphatic carbocycles. The Hall–Kier alpha value is -0.900. The van der Waals surface area contributed by atoms with E-state index in [1.807, 2.05) is 7.05 Å². The standard InChI is InChI=1S/C16H29N7.HI/c1-3-8-22-10-6-13(7-11-22)19-16(17-2)18-12-15-21-20-14-5-4-9-23(14)15;/h13H,3-12H2,1-2H3,(H2,17,18,19);1H. The highest BCUT2D eigenvalue weighted by Gasteiger charge is 2.20. The second-order valence-corrected chi connectivity index (χ2v) is 6.47. The SMILES string of the molecule is CCCN1CCC(NC(=NC)NCc2nnc3n2CCC3)CC1.I. The fourth-order valence-corrected chi connectivity index (χ4v) is 3.51. The zero-order valence-corrected chi connectivity index (χ0v) is 17.1. The number of rotatable bonds is 5. The first-order chi connectivity index (χ1) is 11.3. The molecular formula is C16H30IN7. The van der Waals surface area contributed by atoms with E-state index < -0.39 is 0 Å². The third-order valence-electron chi connectivity index (χ3n) is 4.79. The molecule has 0 bridgehead atoms. The van der Waals surface area contributed by atoms with Crippen molar-refractivity contribution in [1.29, 1.82) is 0 Å². The molecule has 0 amide bonds. The van der Waals surface area contributed by atoms with Crippen LogP contribution < -0.4 is 10.6 Å². The highest BCUT2D eigenvalue weighted by atomic mass is 127. The summed E-state index contributed by atoms with van der Waals surface area (Å²) in [5, 5.41) is 15.5. The highest BCUT2D eigenvalue weighted by Crippen LogP contribution is 2.14. The van der Waals surface area contributed by atoms with Gasteiger partial charge in [-0.2, -0.15) is 0 Å². The maximum atomic E-state index is 4.35. The molecule has 0 saturated carbocycles. The summed E-state index contributed by atoms with van der Waals surface area (Å²) in [5.41, 5.74) is 0. The number of nitrogens with one attached hydrogen (secondary N) is 2. The van der Waals surface area contributed by atoms with E-state index in [2.05, 4.69) is 42.2 Å². The summed E-state index contributed by atoms with van der Waals surface area (Å²) >= 11 is 0. The van der Waals surface area contributed by atoms with Crippen LogP contribution in [0.5, 0.6) is 0 Å². The van der Waals surface area contributed by atoms with Crippen LogP contribution in [0.4, 0.5) is 0 Å². The third kappa shape index (κ3) is 4.81. The van der Waals surface area contributed by atoms with Crippen LogP contribution in [0.1, 0.15) is 44.3 Å². The third-order valence-corrected chi connectivity index (χ3v) is 4.79. The Morgan fingerprint density at radius 2 is 2.04 bits per heavy atom. The van der Waals surface area contributed by atoms with Gasteiger partial charge >= 0.3 is 0 Å². The molecule has 7 nitrogen and oxygen atoms in total. The van der Waals surface area contributed by atoms with Gasteiger partial charge in [0.25, 0.3) is 0 Å². The van der Waals surface area contributed by atoms with E-state index in [0.29, 0.717) is 12.6 Å². The zero-order valence-electron chi connectivity index (χ0n) is 14.8. The normalized spacial score (nSPS) is 19.0. The van der Waals surface area contributed by atoms with Crippen molar-refractivity contribution in [1.82, 2.24) is 30.3 Å². The van der Waals surface area contributed by atoms with Crippen molar-refractivity contribution in [2.24, 2.45) is 4.99 Å². The minimum Gasteiger partial charge on any atom is -0.354 e. The number of likely N-dealkylation sites (tertiary alicyclic amines) is 1. The molecule has 2 aliphatic rings. The molecule has 0 radical (unpaired) electrons. The fourth-order valence-electron chi connectivity index (χ4n) is 3.51. The first-order valence-corrected chi connectivity index (χ1v) is 8.90. The van der Waals surface area contributed by atoms with Gasteiger partial charge in [-0.15, -0.1) is 34.2 Å². The topological polar surface area (TPSA) is 70.4 Å². The maximum Gasteiger partial charge on any atom is 0.191 e. The Morgan fingerprint density at radius 1 is 1.25 bits per heavy atom. The molecule has 1 aromatic heterocycles. The first kappa shape index (κ1) is 19.4. The van der Waals surface area contributed by atoms with Crippen molar-refractivity contribution >= 4 is 29.9 Å². The summed E-state index contributed by atoms with van der Waals surface area (Å²) in [6, 6.07) is 0.512. The zero-order chi connectivity index (χ0) is 16.1. The van der Waals surface area contributed by atoms with E-state index in [4.69, 9.17) is 0 Å². The summed E-state index contributed by atoms with van der Waals surface area (Å²) in [5.74, 6) is 3.00. The molecule has 0 spiro atoms. The van der Waals surface area contributed by atoms with Crippen LogP contribution in [-0.2, 0) is 19.5 Å². The molecule has 0 atom stereocenters. The van der Waals surface area contributed by atoms with Gasteiger partial charge in [0.05, 0.1) is 6.54 Å². The van der Waals surface area contributed by atoms with E-state index in [9.17, 15) is 0 Å². The number of piperidine rings is 1. The molecular weight excluding hydrogens is 417 g/mol. The Balaban J connectivity index is 0.00000208. The molecule has 136 valence electrons. The van der Waals surface area contributed by atoms with E-state index in [1.165, 1.54) is 45.3 Å². The number of guanidine groups is 1. The number of nitrogens with zero attached hydrogens (tertiary/aromatic N) is 5. The fraction of sp³-hybridized carbons (Fsp3) is 0.812. The van der Waals surface area contributed by atoms with Crippen LogP contribution in [0.3, 0.4) is 0 Å². The van der Waals surface area contributed by atoms with Gasteiger partial charge in [0, 0.05) is 39.1 Å². The summed E-state index contributed by atoms with van der Waals surface area (Å²) < 4.78 is 2.23. The van der Waals surface area contributed by atoms with Crippen molar-refractivity contribution in [3.05, 3.63) is 11.6 Å². The van der Waals surface area contributed by atoms with Gasteiger partial charge in [0.15, 0.2) is 11.8 Å². The predicted molar refractivity (Wildman–Crippen MR) is 107 cm³/mol. The maximum absolute atomic E-state index is 4.35. The minimum atomic E-state index is 0. The number of fused-ring (bicyclic) bond motifs is 1. The predicted octanol–water partition coefficient (Wildman–Crippen LogP) is 1.38. The number of halogens is 1. The van der Waals surface area contributed by atoms with Crippen molar-refractivity contribution in [2.45, 2.75) is 58.2 Å². The average molecular weight is 447 g/mol. The lowest BCUT2D eigenvalue weighted by atomic mass is 10.1. The quantitative estimate of drug-likeness (QED) is 0.406. The van der Waals surface area contributed by atoms with Gasteiger partial charge in [-0.25, -0.2) is 0 Å². The molecule has 3 heterocycles. The van der Waals surface area contributed by atoms with Gasteiger partial charge in [-0.05, 0) is 32.2 Å². The van der Waals surface area contributed by atoms with Gasteiger partial charge in [-0.1, -0.05) is 6.92 Å². The first-order valence-electron chi connectivity index (χ1n) is 8.90. The van der Waals surface area contributed by atoms with E-state index in [0.717, 1.165) is 30.6 Å². The molecule has 2 aliphatic heterocycles. The van der Waals surface area contributed by atoms with Gasteiger partial charge < -0.3 is 20.1 Å². The van der Waals surface area contributed by atoms with E-state index in [1.54, 1.807) is 0 Å². The lowest BCUT2D eigenvalue weighted by Crippen LogP contribution is -2.48. The smallest absolute Gasteiger partial charge is 0.191 e. The number of aryl methyl sites for hydroxylation is 1. The number of aliphatic imine (C=N–C) groups is 1. The van der Waals surface area contributed by atoms with Crippen molar-refractivity contribution < 1.29 is 0 Å². The summed E-state index contributed by atoms with van der Waals surface area (Å²) in [6.07, 6.45) is 5.84. The van der Waals surface area contributed by atoms with Gasteiger partial charge in [0.2, 0.25) is 0 Å². The van der Waals surface area contributed by atoms with E-state index in [-0.39, 0.29) is 24.0 Å². The minimum absolute atomic E-state index is 0. The van der Waals surface area contributed by atoms with Crippen LogP contribution in [0.15, 0.2) is 4.99 Å². The second kappa shape index (κ2) is 9.55. The monoisotopic (exact) mass is 447 g/mol. The lowest BCUT2D eigenvalue weighted by molar-refractivity contribution is 0.206. The Kier molecular flexibility index (Phi) is 7.73. The average Bonchev–Trinajstić information content (AvgIpc) is 3.17. The van der Waals surface area contributed by atoms with Crippen LogP contribution in [0.25, 0.3) is 0 Å². The molecule has 2 N–H and O–H groups in total. The number of hydrogen-bond acceptors (Lipinski definition) is 4. The van der Waals surface area contributed by atoms with Crippen LogP contribution >= 0.6 is 24.0 Å². The molecule has 3 rings (SSSR count). The lowest BCUT2D eigenvalue weighted by Gasteiger charge is -2.32. The summed E-state index contributed by atoms with van der Waals surface area (Å²) in [4.78, 5) is 6.90. The molecule has 0 aromatic carbocycles. The molecule has 8 heteroatoms. The molecule has 1 saturated heterocycles. The van der Waals surface area contributed by atoms with Crippen molar-refractivity contribution in [3.63, 3.8) is 0 Å². The van der Waals surface area contributed by atoms with Crippen LogP contribution in [0.2, 0.25) is 0 Å². The highest BCUT2D eigenvalue weighted by molar-refractivity contribution is 14.0. The number of hydrogen-bond donors (Lipinski definition) is 2. The van der Waals surface area contributed by atoms with Gasteiger partial charge in [-0.3, -0.25) is 4.99 Å². The van der Waals surface area contributed by atoms with Crippen LogP contribution in [-0.4, -0.2) is 58.3 Å². The van der Waals surface area contributed by atoms with Crippen molar-refractivity contribution in [2.75, 3.05) is 26.7 Å². The van der Waals surface area contributed by atoms with E-state index >= 15 is 0 Å². The Bertz CT molecular complexity index is 535. The van der Waals surface area contributed by atoms with Gasteiger partial charge in [0.1, 0.15) is 5.82 Å². The Labute approximate surface area is 161 Å². The molecule has 1 fully saturated rings. The largest absolute Gasteiger partial charge is 0.354 e. The van der Waals surface area contributed by atoms with Crippen LogP contribution in [0, 0.1) is 0 Å². The van der Waals surface area contributed by atoms with Crippen molar-refractivity contribution in [3.8, 4) is 0 Å². The summed E-state index contributed by atoms with van der Waals surface area (Å²) in [7, 11) is 1.83. The second-order valence-electron chi connectivity index (χ2n) is 6.47. The summed E-state index contributed by atoms with van der Waals surface area (Å²) in [6.45, 7) is 7.55. The molecule has 0 unspecified atom stereocenters.